The standard InChI is InChI=1S/C17H21N3O5/c21-16(18-13-5-3-12(9-13)17(22)23)11-4-6-14(15(10-11)20(24)25)19-7-1-2-8-19/h4,6,10,12-13H,1-3,5,7-9H2,(H,18,21)(H,22,23)/t12-,13+/m1/s1. The maximum Gasteiger partial charge on any atom is 0.306 e. The number of anilines is 1. The van der Waals surface area contributed by atoms with E-state index in [0.717, 1.165) is 25.9 Å². The molecule has 0 bridgehead atoms. The second-order valence-electron chi connectivity index (χ2n) is 6.67. The average Bonchev–Trinajstić information content (AvgIpc) is 3.26. The molecule has 2 N–H and O–H groups in total. The normalized spacial score (nSPS) is 22.8. The number of carboxylic acids is 1. The second kappa shape index (κ2) is 7.08. The lowest BCUT2D eigenvalue weighted by Crippen LogP contribution is -2.33. The van der Waals surface area contributed by atoms with Gasteiger partial charge in [-0.15, -0.1) is 0 Å². The molecular formula is C17H21N3O5. The molecule has 2 fully saturated rings. The summed E-state index contributed by atoms with van der Waals surface area (Å²) in [5, 5.41) is 23.2. The molecule has 1 aliphatic carbocycles. The molecule has 8 nitrogen and oxygen atoms in total. The Labute approximate surface area is 145 Å². The third-order valence-electron chi connectivity index (χ3n) is 5.00. The molecule has 8 heteroatoms. The van der Waals surface area contributed by atoms with E-state index in [2.05, 4.69) is 5.32 Å². The Morgan fingerprint density at radius 3 is 2.56 bits per heavy atom. The van der Waals surface area contributed by atoms with E-state index in [4.69, 9.17) is 5.11 Å². The van der Waals surface area contributed by atoms with Crippen LogP contribution in [-0.4, -0.2) is 41.0 Å². The molecule has 0 spiro atoms. The zero-order valence-electron chi connectivity index (χ0n) is 13.8. The third kappa shape index (κ3) is 3.72. The Hall–Kier alpha value is -2.64. The first-order chi connectivity index (χ1) is 12.0. The molecule has 1 saturated carbocycles. The molecule has 1 aromatic rings. The van der Waals surface area contributed by atoms with Gasteiger partial charge in [-0.3, -0.25) is 19.7 Å². The molecule has 0 unspecified atom stereocenters. The minimum absolute atomic E-state index is 0.0654. The molecule has 3 rings (SSSR count). The summed E-state index contributed by atoms with van der Waals surface area (Å²) in [5.74, 6) is -1.67. The van der Waals surface area contributed by atoms with Gasteiger partial charge in [-0.25, -0.2) is 0 Å². The maximum atomic E-state index is 12.4. The predicted molar refractivity (Wildman–Crippen MR) is 90.8 cm³/mol. The molecule has 0 radical (unpaired) electrons. The van der Waals surface area contributed by atoms with Crippen molar-refractivity contribution in [1.29, 1.82) is 0 Å². The Morgan fingerprint density at radius 1 is 1.24 bits per heavy atom. The number of nitrogens with one attached hydrogen (secondary N) is 1. The van der Waals surface area contributed by atoms with E-state index in [-0.39, 0.29) is 17.3 Å². The smallest absolute Gasteiger partial charge is 0.306 e. The van der Waals surface area contributed by atoms with Gasteiger partial charge in [-0.2, -0.15) is 0 Å². The summed E-state index contributed by atoms with van der Waals surface area (Å²) in [4.78, 5) is 36.3. The first-order valence-electron chi connectivity index (χ1n) is 8.53. The number of carbonyl (C=O) groups is 2. The van der Waals surface area contributed by atoms with Gasteiger partial charge in [0.1, 0.15) is 5.69 Å². The molecular weight excluding hydrogens is 326 g/mol. The molecule has 1 amide bonds. The minimum Gasteiger partial charge on any atom is -0.481 e. The summed E-state index contributed by atoms with van der Waals surface area (Å²) in [6, 6.07) is 4.34. The van der Waals surface area contributed by atoms with Crippen LogP contribution in [0.15, 0.2) is 18.2 Å². The largest absolute Gasteiger partial charge is 0.481 e. The first kappa shape index (κ1) is 17.2. The first-order valence-corrected chi connectivity index (χ1v) is 8.53. The van der Waals surface area contributed by atoms with Crippen LogP contribution in [0.1, 0.15) is 42.5 Å². The number of rotatable bonds is 5. The number of nitro benzene ring substituents is 1. The van der Waals surface area contributed by atoms with E-state index in [1.165, 1.54) is 6.07 Å². The van der Waals surface area contributed by atoms with E-state index in [9.17, 15) is 19.7 Å². The Kier molecular flexibility index (Phi) is 4.87. The van der Waals surface area contributed by atoms with Gasteiger partial charge in [0.2, 0.25) is 0 Å². The van der Waals surface area contributed by atoms with Crippen LogP contribution in [0.5, 0.6) is 0 Å². The van der Waals surface area contributed by atoms with Gasteiger partial charge in [0.15, 0.2) is 0 Å². The van der Waals surface area contributed by atoms with Gasteiger partial charge in [0.25, 0.3) is 11.6 Å². The van der Waals surface area contributed by atoms with Crippen LogP contribution < -0.4 is 10.2 Å². The fraction of sp³-hybridized carbons (Fsp3) is 0.529. The fourth-order valence-electron chi connectivity index (χ4n) is 3.64. The third-order valence-corrected chi connectivity index (χ3v) is 5.00. The summed E-state index contributed by atoms with van der Waals surface area (Å²) in [6.45, 7) is 1.57. The molecule has 134 valence electrons. The van der Waals surface area contributed by atoms with Crippen LogP contribution in [0.4, 0.5) is 11.4 Å². The fourth-order valence-corrected chi connectivity index (χ4v) is 3.64. The number of nitrogens with zero attached hydrogens (tertiary/aromatic N) is 2. The van der Waals surface area contributed by atoms with Crippen molar-refractivity contribution < 1.29 is 19.6 Å². The highest BCUT2D eigenvalue weighted by atomic mass is 16.6. The summed E-state index contributed by atoms with van der Waals surface area (Å²) in [7, 11) is 0. The molecule has 2 atom stereocenters. The number of nitro groups is 1. The molecule has 0 aromatic heterocycles. The van der Waals surface area contributed by atoms with Crippen molar-refractivity contribution in [1.82, 2.24) is 5.32 Å². The van der Waals surface area contributed by atoms with Crippen LogP contribution in [-0.2, 0) is 4.79 Å². The van der Waals surface area contributed by atoms with Crippen molar-refractivity contribution in [3.8, 4) is 0 Å². The van der Waals surface area contributed by atoms with Gasteiger partial charge in [-0.1, -0.05) is 0 Å². The molecule has 1 heterocycles. The molecule has 2 aliphatic rings. The van der Waals surface area contributed by atoms with Crippen LogP contribution in [0.2, 0.25) is 0 Å². The van der Waals surface area contributed by atoms with Crippen LogP contribution in [0.25, 0.3) is 0 Å². The second-order valence-corrected chi connectivity index (χ2v) is 6.67. The van der Waals surface area contributed by atoms with E-state index < -0.39 is 22.7 Å². The lowest BCUT2D eigenvalue weighted by Gasteiger charge is -2.18. The lowest BCUT2D eigenvalue weighted by molar-refractivity contribution is -0.384. The molecule has 1 aromatic carbocycles. The van der Waals surface area contributed by atoms with Crippen molar-refractivity contribution in [3.63, 3.8) is 0 Å². The van der Waals surface area contributed by atoms with Gasteiger partial charge >= 0.3 is 5.97 Å². The van der Waals surface area contributed by atoms with Gasteiger partial charge in [0, 0.05) is 30.8 Å². The van der Waals surface area contributed by atoms with Crippen molar-refractivity contribution in [3.05, 3.63) is 33.9 Å². The van der Waals surface area contributed by atoms with Crippen molar-refractivity contribution in [2.45, 2.75) is 38.1 Å². The van der Waals surface area contributed by atoms with E-state index in [0.29, 0.717) is 24.9 Å². The molecule has 1 saturated heterocycles. The molecule has 25 heavy (non-hydrogen) atoms. The summed E-state index contributed by atoms with van der Waals surface area (Å²) >= 11 is 0. The lowest BCUT2D eigenvalue weighted by atomic mass is 10.1. The number of benzene rings is 1. The van der Waals surface area contributed by atoms with Crippen molar-refractivity contribution >= 4 is 23.3 Å². The number of carboxylic acid groups (broad SMARTS) is 1. The van der Waals surface area contributed by atoms with Crippen LogP contribution >= 0.6 is 0 Å². The van der Waals surface area contributed by atoms with E-state index in [1.54, 1.807) is 12.1 Å². The number of amides is 1. The minimum atomic E-state index is -0.845. The Balaban J connectivity index is 1.73. The summed E-state index contributed by atoms with van der Waals surface area (Å²) in [6.07, 6.45) is 3.55. The summed E-state index contributed by atoms with van der Waals surface area (Å²) < 4.78 is 0. The van der Waals surface area contributed by atoms with E-state index in [1.807, 2.05) is 4.90 Å². The quantitative estimate of drug-likeness (QED) is 0.623. The Morgan fingerprint density at radius 2 is 1.96 bits per heavy atom. The van der Waals surface area contributed by atoms with Gasteiger partial charge in [0.05, 0.1) is 10.8 Å². The molecule has 1 aliphatic heterocycles. The van der Waals surface area contributed by atoms with E-state index >= 15 is 0 Å². The SMILES string of the molecule is O=C(N[C@H]1CC[C@@H](C(=O)O)C1)c1ccc(N2CCCC2)c([N+](=O)[O-])c1. The maximum absolute atomic E-state index is 12.4. The number of carbonyl (C=O) groups excluding carboxylic acids is 1. The highest BCUT2D eigenvalue weighted by molar-refractivity contribution is 5.96. The predicted octanol–water partition coefficient (Wildman–Crippen LogP) is 2.18. The topological polar surface area (TPSA) is 113 Å². The number of hydrogen-bond donors (Lipinski definition) is 2. The monoisotopic (exact) mass is 347 g/mol. The van der Waals surface area contributed by atoms with Crippen LogP contribution in [0.3, 0.4) is 0 Å². The average molecular weight is 347 g/mol. The highest BCUT2D eigenvalue weighted by Crippen LogP contribution is 2.32. The number of aliphatic carboxylic acids is 1. The highest BCUT2D eigenvalue weighted by Gasteiger charge is 2.31. The van der Waals surface area contributed by atoms with Gasteiger partial charge in [-0.05, 0) is 44.2 Å². The zero-order chi connectivity index (χ0) is 18.0. The Bertz CT molecular complexity index is 700. The van der Waals surface area contributed by atoms with Crippen molar-refractivity contribution in [2.75, 3.05) is 18.0 Å². The van der Waals surface area contributed by atoms with Crippen molar-refractivity contribution in [2.24, 2.45) is 5.92 Å². The van der Waals surface area contributed by atoms with Gasteiger partial charge < -0.3 is 15.3 Å². The number of hydrogen-bond acceptors (Lipinski definition) is 5. The zero-order valence-corrected chi connectivity index (χ0v) is 13.8. The summed E-state index contributed by atoms with van der Waals surface area (Å²) in [5.41, 5.74) is 0.712. The van der Waals surface area contributed by atoms with Crippen LogP contribution in [0, 0.1) is 16.0 Å².